The molecule has 1 amide bonds. The van der Waals surface area contributed by atoms with Crippen molar-refractivity contribution in [2.75, 3.05) is 11.1 Å². The Morgan fingerprint density at radius 3 is 2.84 bits per heavy atom. The summed E-state index contributed by atoms with van der Waals surface area (Å²) < 4.78 is 1.05. The number of aromatic nitrogens is 2. The molecule has 2 N–H and O–H groups in total. The van der Waals surface area contributed by atoms with Crippen LogP contribution in [-0.4, -0.2) is 21.9 Å². The molecule has 0 atom stereocenters. The molecule has 0 spiro atoms. The molecule has 1 aromatic heterocycles. The third-order valence-corrected chi connectivity index (χ3v) is 4.26. The number of anilines is 1. The van der Waals surface area contributed by atoms with Crippen LogP contribution in [0.1, 0.15) is 11.1 Å². The zero-order chi connectivity index (χ0) is 13.8. The smallest absolute Gasteiger partial charge is 0.235 e. The summed E-state index contributed by atoms with van der Waals surface area (Å²) in [4.78, 5) is 12.9. The summed E-state index contributed by atoms with van der Waals surface area (Å²) in [5.41, 5.74) is 2.09. The Balaban J connectivity index is 1.92. The van der Waals surface area contributed by atoms with Crippen LogP contribution in [0.15, 0.2) is 33.8 Å². The molecule has 0 saturated heterocycles. The topological polar surface area (TPSA) is 57.8 Å². The molecule has 19 heavy (non-hydrogen) atoms. The van der Waals surface area contributed by atoms with Crippen molar-refractivity contribution in [1.29, 1.82) is 0 Å². The van der Waals surface area contributed by atoms with Crippen molar-refractivity contribution in [3.8, 4) is 0 Å². The minimum Gasteiger partial charge on any atom is -0.310 e. The second-order valence-electron chi connectivity index (χ2n) is 4.17. The van der Waals surface area contributed by atoms with E-state index in [1.54, 1.807) is 6.20 Å². The standard InChI is InChI=1S/C13H14BrN3OS/c1-8-5-10(14)3-4-11(8)19-7-12(18)16-13-9(2)6-15-17-13/h3-6H,7H2,1-2H3,(H2,15,16,17,18). The summed E-state index contributed by atoms with van der Waals surface area (Å²) >= 11 is 4.95. The van der Waals surface area contributed by atoms with Gasteiger partial charge in [0.15, 0.2) is 0 Å². The first kappa shape index (κ1) is 14.1. The van der Waals surface area contributed by atoms with Crippen molar-refractivity contribution in [3.05, 3.63) is 40.0 Å². The molecule has 100 valence electrons. The quantitative estimate of drug-likeness (QED) is 0.838. The second-order valence-corrected chi connectivity index (χ2v) is 6.11. The molecule has 0 aliphatic rings. The first-order valence-corrected chi connectivity index (χ1v) is 7.53. The van der Waals surface area contributed by atoms with Crippen molar-refractivity contribution in [1.82, 2.24) is 10.2 Å². The number of thioether (sulfide) groups is 1. The summed E-state index contributed by atoms with van der Waals surface area (Å²) in [5, 5.41) is 9.43. The van der Waals surface area contributed by atoms with Crippen LogP contribution in [0, 0.1) is 13.8 Å². The van der Waals surface area contributed by atoms with Gasteiger partial charge in [0, 0.05) is 14.9 Å². The first-order valence-electron chi connectivity index (χ1n) is 5.75. The number of hydrogen-bond acceptors (Lipinski definition) is 3. The molecular formula is C13H14BrN3OS. The first-order chi connectivity index (χ1) is 9.06. The highest BCUT2D eigenvalue weighted by atomic mass is 79.9. The lowest BCUT2D eigenvalue weighted by Crippen LogP contribution is -2.15. The van der Waals surface area contributed by atoms with E-state index in [1.165, 1.54) is 11.8 Å². The lowest BCUT2D eigenvalue weighted by Gasteiger charge is -2.06. The van der Waals surface area contributed by atoms with Crippen LogP contribution in [-0.2, 0) is 4.79 Å². The van der Waals surface area contributed by atoms with E-state index in [0.29, 0.717) is 11.6 Å². The molecule has 2 rings (SSSR count). The van der Waals surface area contributed by atoms with Crippen molar-refractivity contribution in [2.45, 2.75) is 18.7 Å². The number of aromatic amines is 1. The predicted octanol–water partition coefficient (Wildman–Crippen LogP) is 3.52. The van der Waals surface area contributed by atoms with Gasteiger partial charge < -0.3 is 5.32 Å². The Labute approximate surface area is 124 Å². The molecule has 0 aliphatic heterocycles. The van der Waals surface area contributed by atoms with Gasteiger partial charge in [-0.05, 0) is 37.6 Å². The fourth-order valence-corrected chi connectivity index (χ4v) is 2.85. The average molecular weight is 340 g/mol. The third kappa shape index (κ3) is 3.84. The summed E-state index contributed by atoms with van der Waals surface area (Å²) in [6, 6.07) is 6.03. The molecule has 6 heteroatoms. The van der Waals surface area contributed by atoms with Crippen LogP contribution in [0.2, 0.25) is 0 Å². The van der Waals surface area contributed by atoms with Crippen molar-refractivity contribution in [2.24, 2.45) is 0 Å². The Hall–Kier alpha value is -1.27. The van der Waals surface area contributed by atoms with Crippen LogP contribution in [0.4, 0.5) is 5.82 Å². The Kier molecular flexibility index (Phi) is 4.66. The maximum absolute atomic E-state index is 11.8. The van der Waals surface area contributed by atoms with E-state index < -0.39 is 0 Å². The zero-order valence-corrected chi connectivity index (χ0v) is 13.1. The van der Waals surface area contributed by atoms with Gasteiger partial charge >= 0.3 is 0 Å². The molecular weight excluding hydrogens is 326 g/mol. The third-order valence-electron chi connectivity index (χ3n) is 2.59. The fourth-order valence-electron chi connectivity index (χ4n) is 1.57. The molecule has 0 fully saturated rings. The van der Waals surface area contributed by atoms with Crippen LogP contribution in [0.3, 0.4) is 0 Å². The van der Waals surface area contributed by atoms with E-state index >= 15 is 0 Å². The van der Waals surface area contributed by atoms with Gasteiger partial charge in [-0.2, -0.15) is 5.10 Å². The molecule has 0 radical (unpaired) electrons. The van der Waals surface area contributed by atoms with Gasteiger partial charge in [-0.25, -0.2) is 0 Å². The number of benzene rings is 1. The summed E-state index contributed by atoms with van der Waals surface area (Å²) in [7, 11) is 0. The number of halogens is 1. The normalized spacial score (nSPS) is 10.5. The lowest BCUT2D eigenvalue weighted by molar-refractivity contribution is -0.113. The second kappa shape index (κ2) is 6.25. The number of H-pyrrole nitrogens is 1. The number of nitrogens with one attached hydrogen (secondary N) is 2. The minimum absolute atomic E-state index is 0.0420. The van der Waals surface area contributed by atoms with Crippen molar-refractivity contribution < 1.29 is 4.79 Å². The summed E-state index contributed by atoms with van der Waals surface area (Å²) in [5.74, 6) is 0.999. The van der Waals surface area contributed by atoms with Crippen LogP contribution >= 0.6 is 27.7 Å². The number of amides is 1. The fraction of sp³-hybridized carbons (Fsp3) is 0.231. The zero-order valence-electron chi connectivity index (χ0n) is 10.7. The number of hydrogen-bond donors (Lipinski definition) is 2. The maximum atomic E-state index is 11.8. The summed E-state index contributed by atoms with van der Waals surface area (Å²) in [6.45, 7) is 3.93. The van der Waals surface area contributed by atoms with Gasteiger partial charge in [0.25, 0.3) is 0 Å². The number of rotatable bonds is 4. The number of nitrogens with zero attached hydrogens (tertiary/aromatic N) is 1. The van der Waals surface area contributed by atoms with Gasteiger partial charge in [0.1, 0.15) is 5.82 Å². The molecule has 0 saturated carbocycles. The highest BCUT2D eigenvalue weighted by Gasteiger charge is 2.08. The van der Waals surface area contributed by atoms with E-state index in [4.69, 9.17) is 0 Å². The van der Waals surface area contributed by atoms with Crippen LogP contribution < -0.4 is 5.32 Å². The maximum Gasteiger partial charge on any atom is 0.235 e. The van der Waals surface area contributed by atoms with E-state index in [-0.39, 0.29) is 5.91 Å². The molecule has 4 nitrogen and oxygen atoms in total. The predicted molar refractivity (Wildman–Crippen MR) is 81.6 cm³/mol. The largest absolute Gasteiger partial charge is 0.310 e. The number of carbonyl (C=O) groups excluding carboxylic acids is 1. The Bertz CT molecular complexity index is 597. The van der Waals surface area contributed by atoms with Gasteiger partial charge in [-0.3, -0.25) is 9.89 Å². The number of aryl methyl sites for hydroxylation is 2. The Morgan fingerprint density at radius 2 is 2.21 bits per heavy atom. The van der Waals surface area contributed by atoms with Crippen LogP contribution in [0.5, 0.6) is 0 Å². The minimum atomic E-state index is -0.0420. The highest BCUT2D eigenvalue weighted by molar-refractivity contribution is 9.10. The van der Waals surface area contributed by atoms with Gasteiger partial charge in [0.2, 0.25) is 5.91 Å². The van der Waals surface area contributed by atoms with Crippen molar-refractivity contribution >= 4 is 39.4 Å². The van der Waals surface area contributed by atoms with E-state index in [9.17, 15) is 4.79 Å². The SMILES string of the molecule is Cc1cc(Br)ccc1SCC(=O)Nc1[nH]ncc1C. The monoisotopic (exact) mass is 339 g/mol. The van der Waals surface area contributed by atoms with Gasteiger partial charge in [-0.15, -0.1) is 11.8 Å². The Morgan fingerprint density at radius 1 is 1.42 bits per heavy atom. The molecule has 2 aromatic rings. The lowest BCUT2D eigenvalue weighted by atomic mass is 10.2. The average Bonchev–Trinajstić information content (AvgIpc) is 2.74. The van der Waals surface area contributed by atoms with Crippen molar-refractivity contribution in [3.63, 3.8) is 0 Å². The van der Waals surface area contributed by atoms with E-state index in [2.05, 4.69) is 31.4 Å². The molecule has 1 aromatic carbocycles. The molecule has 0 unspecified atom stereocenters. The van der Waals surface area contributed by atoms with E-state index in [0.717, 1.165) is 20.5 Å². The number of carbonyl (C=O) groups is 1. The van der Waals surface area contributed by atoms with E-state index in [1.807, 2.05) is 32.0 Å². The van der Waals surface area contributed by atoms with Crippen LogP contribution in [0.25, 0.3) is 0 Å². The summed E-state index contributed by atoms with van der Waals surface area (Å²) in [6.07, 6.45) is 1.68. The van der Waals surface area contributed by atoms with Gasteiger partial charge in [-0.1, -0.05) is 15.9 Å². The molecule has 0 bridgehead atoms. The highest BCUT2D eigenvalue weighted by Crippen LogP contribution is 2.25. The van der Waals surface area contributed by atoms with Gasteiger partial charge in [0.05, 0.1) is 11.9 Å². The molecule has 0 aliphatic carbocycles. The molecule has 1 heterocycles.